The van der Waals surface area contributed by atoms with E-state index in [2.05, 4.69) is 16.5 Å². The van der Waals surface area contributed by atoms with Gasteiger partial charge < -0.3 is 24.6 Å². The summed E-state index contributed by atoms with van der Waals surface area (Å²) in [4.78, 5) is 12.1. The Kier molecular flexibility index (Phi) is 6.74. The number of rotatable bonds is 5. The Morgan fingerprint density at radius 2 is 2.00 bits per heavy atom. The summed E-state index contributed by atoms with van der Waals surface area (Å²) in [7, 11) is 0. The molecule has 1 saturated heterocycles. The first-order valence-corrected chi connectivity index (χ1v) is 12.8. The molecule has 36 heavy (non-hydrogen) atoms. The van der Waals surface area contributed by atoms with Crippen LogP contribution in [0.15, 0.2) is 36.5 Å². The van der Waals surface area contributed by atoms with Crippen molar-refractivity contribution in [3.05, 3.63) is 41.6 Å². The number of fused-ring (bicyclic) bond motifs is 1. The minimum absolute atomic E-state index is 0.0118. The summed E-state index contributed by atoms with van der Waals surface area (Å²) in [6, 6.07) is 9.20. The third-order valence-electron chi connectivity index (χ3n) is 6.50. The molecule has 2 aromatic carbocycles. The Balaban J connectivity index is 1.40. The van der Waals surface area contributed by atoms with E-state index < -0.39 is 11.7 Å². The van der Waals surface area contributed by atoms with Crippen molar-refractivity contribution in [1.29, 1.82) is 0 Å². The number of aromatic nitrogens is 2. The molecule has 2 N–H and O–H groups in total. The highest BCUT2D eigenvalue weighted by atomic mass is 35.5. The molecule has 2 fully saturated rings. The van der Waals surface area contributed by atoms with Crippen molar-refractivity contribution in [1.82, 2.24) is 15.1 Å². The molecule has 192 valence electrons. The van der Waals surface area contributed by atoms with Crippen molar-refractivity contribution in [3.63, 3.8) is 0 Å². The lowest BCUT2D eigenvalue weighted by Gasteiger charge is -2.36. The molecular formula is C27H32ClN3O5. The molecule has 9 heteroatoms. The van der Waals surface area contributed by atoms with Crippen molar-refractivity contribution in [2.75, 3.05) is 6.61 Å². The number of nitrogens with zero attached hydrogens (tertiary/aromatic N) is 2. The van der Waals surface area contributed by atoms with Gasteiger partial charge in [-0.2, -0.15) is 5.10 Å². The molecule has 5 rings (SSSR count). The van der Waals surface area contributed by atoms with Gasteiger partial charge in [-0.15, -0.1) is 0 Å². The van der Waals surface area contributed by atoms with Gasteiger partial charge in [-0.25, -0.2) is 9.48 Å². The molecular weight excluding hydrogens is 482 g/mol. The summed E-state index contributed by atoms with van der Waals surface area (Å²) in [6.07, 6.45) is 5.70. The highest BCUT2D eigenvalue weighted by molar-refractivity contribution is 6.32. The van der Waals surface area contributed by atoms with Gasteiger partial charge in [0, 0.05) is 25.5 Å². The van der Waals surface area contributed by atoms with E-state index in [-0.39, 0.29) is 29.1 Å². The largest absolute Gasteiger partial charge is 0.506 e. The standard InChI is InChI=1S/C27H32ClN3O5/c1-27(2,3)36-26(33)30-18-13-19(14-18)35-24-12-17(16-7-8-23(32)21(28)10-16)11-22-20(24)15-29-31(22)25-6-4-5-9-34-25/h7-8,10-12,15,18-19,25,32H,4-6,9,13-14H2,1-3H3,(H,30,33). The highest BCUT2D eigenvalue weighted by Gasteiger charge is 2.34. The van der Waals surface area contributed by atoms with Crippen LogP contribution < -0.4 is 10.1 Å². The van der Waals surface area contributed by atoms with Gasteiger partial charge in [-0.05, 0) is 75.4 Å². The van der Waals surface area contributed by atoms with Crippen LogP contribution in [0.1, 0.15) is 59.1 Å². The van der Waals surface area contributed by atoms with Gasteiger partial charge in [0.25, 0.3) is 0 Å². The maximum absolute atomic E-state index is 12.1. The number of ether oxygens (including phenoxy) is 3. The lowest BCUT2D eigenvalue weighted by molar-refractivity contribution is -0.0366. The van der Waals surface area contributed by atoms with Crippen LogP contribution in [-0.2, 0) is 9.47 Å². The number of hydrogen-bond donors (Lipinski definition) is 2. The molecule has 1 amide bonds. The average Bonchev–Trinajstić information content (AvgIpc) is 3.23. The molecule has 0 radical (unpaired) electrons. The van der Waals surface area contributed by atoms with Crippen molar-refractivity contribution in [3.8, 4) is 22.6 Å². The van der Waals surface area contributed by atoms with Crippen LogP contribution in [0.2, 0.25) is 5.02 Å². The fraction of sp³-hybridized carbons (Fsp3) is 0.481. The number of benzene rings is 2. The van der Waals surface area contributed by atoms with Crippen LogP contribution in [0.3, 0.4) is 0 Å². The van der Waals surface area contributed by atoms with Gasteiger partial charge in [-0.3, -0.25) is 0 Å². The molecule has 1 unspecified atom stereocenters. The molecule has 1 aromatic heterocycles. The average molecular weight is 514 g/mol. The molecule has 2 aliphatic rings. The lowest BCUT2D eigenvalue weighted by atomic mass is 9.89. The van der Waals surface area contributed by atoms with Gasteiger partial charge in [0.05, 0.1) is 22.1 Å². The number of nitrogens with one attached hydrogen (secondary N) is 1. The second-order valence-corrected chi connectivity index (χ2v) is 10.9. The second-order valence-electron chi connectivity index (χ2n) is 10.5. The van der Waals surface area contributed by atoms with Crippen molar-refractivity contribution < 1.29 is 24.1 Å². The van der Waals surface area contributed by atoms with Gasteiger partial charge in [0.2, 0.25) is 0 Å². The van der Waals surface area contributed by atoms with Crippen LogP contribution in [0, 0.1) is 0 Å². The normalized spacial score (nSPS) is 22.2. The number of halogens is 1. The quantitative estimate of drug-likeness (QED) is 0.422. The maximum Gasteiger partial charge on any atom is 0.407 e. The molecule has 1 aliphatic carbocycles. The number of carbonyl (C=O) groups excluding carboxylic acids is 1. The van der Waals surface area contributed by atoms with E-state index in [1.54, 1.807) is 12.1 Å². The number of aromatic hydroxyl groups is 1. The molecule has 3 aromatic rings. The molecule has 1 aliphatic heterocycles. The van der Waals surface area contributed by atoms with Gasteiger partial charge in [0.15, 0.2) is 6.23 Å². The summed E-state index contributed by atoms with van der Waals surface area (Å²) in [5.74, 6) is 0.756. The van der Waals surface area contributed by atoms with E-state index >= 15 is 0 Å². The van der Waals surface area contributed by atoms with Crippen molar-refractivity contribution in [2.24, 2.45) is 0 Å². The summed E-state index contributed by atoms with van der Waals surface area (Å²) < 4.78 is 19.7. The van der Waals surface area contributed by atoms with E-state index in [1.165, 1.54) is 0 Å². The van der Waals surface area contributed by atoms with Crippen LogP contribution in [0.25, 0.3) is 22.0 Å². The number of phenolic OH excluding ortho intramolecular Hbond substituents is 1. The van der Waals surface area contributed by atoms with Crippen molar-refractivity contribution in [2.45, 2.75) is 76.9 Å². The number of phenols is 1. The summed E-state index contributed by atoms with van der Waals surface area (Å²) >= 11 is 6.20. The Morgan fingerprint density at radius 1 is 1.19 bits per heavy atom. The third-order valence-corrected chi connectivity index (χ3v) is 6.80. The topological polar surface area (TPSA) is 94.8 Å². The molecule has 1 saturated carbocycles. The first kappa shape index (κ1) is 24.7. The Hall–Kier alpha value is -2.97. The van der Waals surface area contributed by atoms with Gasteiger partial charge >= 0.3 is 6.09 Å². The minimum atomic E-state index is -0.533. The molecule has 1 atom stereocenters. The number of hydrogen-bond acceptors (Lipinski definition) is 6. The Labute approximate surface area is 215 Å². The van der Waals surface area contributed by atoms with E-state index in [9.17, 15) is 9.90 Å². The predicted molar refractivity (Wildman–Crippen MR) is 137 cm³/mol. The zero-order chi connectivity index (χ0) is 25.4. The van der Waals surface area contributed by atoms with Gasteiger partial charge in [0.1, 0.15) is 23.2 Å². The summed E-state index contributed by atoms with van der Waals surface area (Å²) in [5, 5.41) is 18.6. The fourth-order valence-electron chi connectivity index (χ4n) is 4.64. The molecule has 8 nitrogen and oxygen atoms in total. The fourth-order valence-corrected chi connectivity index (χ4v) is 4.82. The lowest BCUT2D eigenvalue weighted by Crippen LogP contribution is -2.50. The van der Waals surface area contributed by atoms with Gasteiger partial charge in [-0.1, -0.05) is 17.7 Å². The van der Waals surface area contributed by atoms with E-state index in [4.69, 9.17) is 25.8 Å². The summed E-state index contributed by atoms with van der Waals surface area (Å²) in [5.41, 5.74) is 2.15. The third kappa shape index (κ3) is 5.39. The molecule has 2 heterocycles. The maximum atomic E-state index is 12.1. The Morgan fingerprint density at radius 3 is 2.69 bits per heavy atom. The predicted octanol–water partition coefficient (Wildman–Crippen LogP) is 6.20. The first-order valence-electron chi connectivity index (χ1n) is 12.4. The molecule has 0 spiro atoms. The molecule has 0 bridgehead atoms. The van der Waals surface area contributed by atoms with E-state index in [1.807, 2.05) is 43.8 Å². The zero-order valence-corrected chi connectivity index (χ0v) is 21.5. The van der Waals surface area contributed by atoms with Crippen LogP contribution in [0.5, 0.6) is 11.5 Å². The van der Waals surface area contributed by atoms with Crippen molar-refractivity contribution >= 4 is 28.6 Å². The highest BCUT2D eigenvalue weighted by Crippen LogP contribution is 2.39. The smallest absolute Gasteiger partial charge is 0.407 e. The van der Waals surface area contributed by atoms with Crippen LogP contribution in [-0.4, -0.2) is 45.3 Å². The van der Waals surface area contributed by atoms with E-state index in [0.29, 0.717) is 12.8 Å². The summed E-state index contributed by atoms with van der Waals surface area (Å²) in [6.45, 7) is 6.25. The van der Waals surface area contributed by atoms with Crippen LogP contribution in [0.4, 0.5) is 4.79 Å². The minimum Gasteiger partial charge on any atom is -0.506 e. The Bertz CT molecular complexity index is 1260. The zero-order valence-electron chi connectivity index (χ0n) is 20.8. The number of carbonyl (C=O) groups is 1. The van der Waals surface area contributed by atoms with E-state index in [0.717, 1.165) is 53.6 Å². The number of amides is 1. The first-order chi connectivity index (χ1) is 17.2. The monoisotopic (exact) mass is 513 g/mol. The SMILES string of the molecule is CC(C)(C)OC(=O)NC1CC(Oc2cc(-c3ccc(O)c(Cl)c3)cc3c2cnn3C2CCCCO2)C1. The number of alkyl carbamates (subject to hydrolysis) is 1. The second kappa shape index (κ2) is 9.82. The van der Waals surface area contributed by atoms with Crippen LogP contribution >= 0.6 is 11.6 Å².